The molecule has 6 nitrogen and oxygen atoms in total. The summed E-state index contributed by atoms with van der Waals surface area (Å²) in [7, 11) is 1.59. The van der Waals surface area contributed by atoms with E-state index in [4.69, 9.17) is 10.5 Å². The molecule has 1 aromatic heterocycles. The van der Waals surface area contributed by atoms with Gasteiger partial charge in [-0.3, -0.25) is 0 Å². The van der Waals surface area contributed by atoms with E-state index in [0.29, 0.717) is 17.3 Å². The van der Waals surface area contributed by atoms with Gasteiger partial charge in [0.1, 0.15) is 0 Å². The summed E-state index contributed by atoms with van der Waals surface area (Å²) < 4.78 is 7.18. The molecule has 0 saturated heterocycles. The van der Waals surface area contributed by atoms with Crippen LogP contribution in [0.15, 0.2) is 18.2 Å². The van der Waals surface area contributed by atoms with Crippen LogP contribution in [0, 0.1) is 0 Å². The second-order valence-corrected chi connectivity index (χ2v) is 5.01. The third-order valence-corrected chi connectivity index (χ3v) is 3.40. The van der Waals surface area contributed by atoms with Crippen molar-refractivity contribution >= 4 is 5.69 Å². The van der Waals surface area contributed by atoms with Gasteiger partial charge in [0.25, 0.3) is 0 Å². The molecule has 2 aromatic rings. The van der Waals surface area contributed by atoms with Crippen molar-refractivity contribution in [2.75, 3.05) is 12.8 Å². The first-order valence-electron chi connectivity index (χ1n) is 6.23. The summed E-state index contributed by atoms with van der Waals surface area (Å²) in [6, 6.07) is 5.57. The molecule has 0 atom stereocenters. The summed E-state index contributed by atoms with van der Waals surface area (Å²) in [6.07, 6.45) is 0.912. The van der Waals surface area contributed by atoms with Crippen molar-refractivity contribution in [2.24, 2.45) is 0 Å². The van der Waals surface area contributed by atoms with Gasteiger partial charge in [-0.05, 0) is 42.8 Å². The van der Waals surface area contributed by atoms with Crippen LogP contribution in [0.5, 0.6) is 5.75 Å². The van der Waals surface area contributed by atoms with Gasteiger partial charge in [0.2, 0.25) is 0 Å². The SMILES string of the molecule is CCC(C)(C)n1nnnc1-c1cccc(N)c1OC. The average molecular weight is 261 g/mol. The molecule has 0 bridgehead atoms. The smallest absolute Gasteiger partial charge is 0.186 e. The third-order valence-electron chi connectivity index (χ3n) is 3.40. The topological polar surface area (TPSA) is 78.9 Å². The fraction of sp³-hybridized carbons (Fsp3) is 0.462. The molecular weight excluding hydrogens is 242 g/mol. The average Bonchev–Trinajstić information content (AvgIpc) is 2.88. The number of benzene rings is 1. The number of tetrazole rings is 1. The van der Waals surface area contributed by atoms with E-state index >= 15 is 0 Å². The molecule has 0 aliphatic carbocycles. The maximum absolute atomic E-state index is 5.93. The molecule has 0 radical (unpaired) electrons. The minimum Gasteiger partial charge on any atom is -0.494 e. The number of rotatable bonds is 4. The zero-order valence-electron chi connectivity index (χ0n) is 11.7. The van der Waals surface area contributed by atoms with Crippen LogP contribution in [-0.2, 0) is 5.54 Å². The minimum absolute atomic E-state index is 0.172. The number of methoxy groups -OCH3 is 1. The number of nitrogen functional groups attached to an aromatic ring is 1. The fourth-order valence-electron chi connectivity index (χ4n) is 1.87. The lowest BCUT2D eigenvalue weighted by molar-refractivity contribution is 0.304. The summed E-state index contributed by atoms with van der Waals surface area (Å²) in [6.45, 7) is 6.28. The number of nitrogens with two attached hydrogens (primary N) is 1. The Bertz CT molecular complexity index is 576. The van der Waals surface area contributed by atoms with Crippen LogP contribution >= 0.6 is 0 Å². The van der Waals surface area contributed by atoms with E-state index in [0.717, 1.165) is 12.0 Å². The second-order valence-electron chi connectivity index (χ2n) is 5.01. The number of nitrogens with zero attached hydrogens (tertiary/aromatic N) is 4. The van der Waals surface area contributed by atoms with Gasteiger partial charge in [0, 0.05) is 0 Å². The Hall–Kier alpha value is -2.11. The Balaban J connectivity index is 2.61. The Kier molecular flexibility index (Phi) is 3.42. The summed E-state index contributed by atoms with van der Waals surface area (Å²) in [4.78, 5) is 0. The van der Waals surface area contributed by atoms with E-state index in [2.05, 4.69) is 36.3 Å². The number of hydrogen-bond acceptors (Lipinski definition) is 5. The van der Waals surface area contributed by atoms with Gasteiger partial charge < -0.3 is 10.5 Å². The minimum atomic E-state index is -0.172. The molecule has 0 aliphatic heterocycles. The van der Waals surface area contributed by atoms with Crippen molar-refractivity contribution in [1.29, 1.82) is 0 Å². The van der Waals surface area contributed by atoms with Crippen LogP contribution in [0.4, 0.5) is 5.69 Å². The number of hydrogen-bond donors (Lipinski definition) is 1. The van der Waals surface area contributed by atoms with Gasteiger partial charge in [-0.2, -0.15) is 0 Å². The predicted octanol–water partition coefficient (Wildman–Crippen LogP) is 2.08. The highest BCUT2D eigenvalue weighted by atomic mass is 16.5. The van der Waals surface area contributed by atoms with Crippen molar-refractivity contribution in [3.8, 4) is 17.1 Å². The van der Waals surface area contributed by atoms with Crippen molar-refractivity contribution in [1.82, 2.24) is 20.2 Å². The number of para-hydroxylation sites is 1. The highest BCUT2D eigenvalue weighted by molar-refractivity contribution is 5.73. The van der Waals surface area contributed by atoms with Crippen LogP contribution < -0.4 is 10.5 Å². The van der Waals surface area contributed by atoms with Crippen LogP contribution in [0.25, 0.3) is 11.4 Å². The van der Waals surface area contributed by atoms with E-state index in [-0.39, 0.29) is 5.54 Å². The van der Waals surface area contributed by atoms with Crippen LogP contribution in [0.3, 0.4) is 0 Å². The molecule has 6 heteroatoms. The zero-order chi connectivity index (χ0) is 14.0. The van der Waals surface area contributed by atoms with E-state index in [1.54, 1.807) is 13.2 Å². The van der Waals surface area contributed by atoms with E-state index < -0.39 is 0 Å². The fourth-order valence-corrected chi connectivity index (χ4v) is 1.87. The van der Waals surface area contributed by atoms with Crippen molar-refractivity contribution in [2.45, 2.75) is 32.7 Å². The Labute approximate surface area is 112 Å². The summed E-state index contributed by atoms with van der Waals surface area (Å²) >= 11 is 0. The van der Waals surface area contributed by atoms with Crippen molar-refractivity contribution in [3.63, 3.8) is 0 Å². The number of anilines is 1. The normalized spacial score (nSPS) is 11.6. The van der Waals surface area contributed by atoms with Gasteiger partial charge in [0.05, 0.1) is 23.9 Å². The van der Waals surface area contributed by atoms with Crippen LogP contribution in [0.2, 0.25) is 0 Å². The number of ether oxygens (including phenoxy) is 1. The zero-order valence-corrected chi connectivity index (χ0v) is 11.7. The van der Waals surface area contributed by atoms with E-state index in [9.17, 15) is 0 Å². The standard InChI is InChI=1S/C13H19N5O/c1-5-13(2,3)18-12(15-16-17-18)9-7-6-8-10(14)11(9)19-4/h6-8H,5,14H2,1-4H3. The molecule has 2 rings (SSSR count). The lowest BCUT2D eigenvalue weighted by Gasteiger charge is -2.24. The Morgan fingerprint density at radius 1 is 1.37 bits per heavy atom. The maximum atomic E-state index is 5.93. The van der Waals surface area contributed by atoms with Gasteiger partial charge in [-0.1, -0.05) is 13.0 Å². The van der Waals surface area contributed by atoms with Crippen molar-refractivity contribution < 1.29 is 4.74 Å². The molecule has 2 N–H and O–H groups in total. The molecule has 0 aliphatic rings. The van der Waals surface area contributed by atoms with Crippen molar-refractivity contribution in [3.05, 3.63) is 18.2 Å². The monoisotopic (exact) mass is 261 g/mol. The predicted molar refractivity (Wildman–Crippen MR) is 73.8 cm³/mol. The molecule has 0 saturated carbocycles. The first-order chi connectivity index (χ1) is 9.01. The maximum Gasteiger partial charge on any atom is 0.186 e. The first kappa shape index (κ1) is 13.3. The van der Waals surface area contributed by atoms with Gasteiger partial charge >= 0.3 is 0 Å². The number of aromatic nitrogens is 4. The van der Waals surface area contributed by atoms with Crippen LogP contribution in [0.1, 0.15) is 27.2 Å². The van der Waals surface area contributed by atoms with Gasteiger partial charge in [-0.25, -0.2) is 4.68 Å². The van der Waals surface area contributed by atoms with Gasteiger partial charge in [0.15, 0.2) is 11.6 Å². The Morgan fingerprint density at radius 2 is 2.11 bits per heavy atom. The lowest BCUT2D eigenvalue weighted by Crippen LogP contribution is -2.27. The highest BCUT2D eigenvalue weighted by Crippen LogP contribution is 2.35. The summed E-state index contributed by atoms with van der Waals surface area (Å²) in [5.41, 5.74) is 7.13. The molecule has 0 fully saturated rings. The van der Waals surface area contributed by atoms with E-state index in [1.807, 2.05) is 16.8 Å². The second kappa shape index (κ2) is 4.87. The summed E-state index contributed by atoms with van der Waals surface area (Å²) in [5.74, 6) is 1.27. The van der Waals surface area contributed by atoms with Crippen LogP contribution in [-0.4, -0.2) is 27.3 Å². The molecular formula is C13H19N5O. The summed E-state index contributed by atoms with van der Waals surface area (Å²) in [5, 5.41) is 12.0. The van der Waals surface area contributed by atoms with E-state index in [1.165, 1.54) is 0 Å². The molecule has 1 heterocycles. The molecule has 1 aromatic carbocycles. The van der Waals surface area contributed by atoms with Gasteiger partial charge in [-0.15, -0.1) is 5.10 Å². The quantitative estimate of drug-likeness (QED) is 0.852. The molecule has 0 amide bonds. The third kappa shape index (κ3) is 2.25. The largest absolute Gasteiger partial charge is 0.494 e. The molecule has 19 heavy (non-hydrogen) atoms. The molecule has 0 unspecified atom stereocenters. The Morgan fingerprint density at radius 3 is 2.74 bits per heavy atom. The highest BCUT2D eigenvalue weighted by Gasteiger charge is 2.25. The lowest BCUT2D eigenvalue weighted by atomic mass is 10.0. The first-order valence-corrected chi connectivity index (χ1v) is 6.23. The molecule has 102 valence electrons. The molecule has 0 spiro atoms.